The van der Waals surface area contributed by atoms with Crippen LogP contribution in [0.25, 0.3) is 0 Å². The summed E-state index contributed by atoms with van der Waals surface area (Å²) in [7, 11) is 0. The highest BCUT2D eigenvalue weighted by molar-refractivity contribution is 5.94. The van der Waals surface area contributed by atoms with Gasteiger partial charge in [0.05, 0.1) is 12.6 Å². The lowest BCUT2D eigenvalue weighted by Crippen LogP contribution is -2.45. The van der Waals surface area contributed by atoms with E-state index in [9.17, 15) is 9.59 Å². The molecule has 1 aliphatic rings. The van der Waals surface area contributed by atoms with E-state index in [1.54, 1.807) is 6.92 Å². The molecule has 2 aromatic rings. The molecule has 1 heterocycles. The van der Waals surface area contributed by atoms with E-state index < -0.39 is 6.09 Å². The van der Waals surface area contributed by atoms with Crippen LogP contribution in [0.5, 0.6) is 0 Å². The van der Waals surface area contributed by atoms with E-state index in [0.717, 1.165) is 37.3 Å². The molecule has 0 aromatic heterocycles. The molecule has 1 aliphatic heterocycles. The van der Waals surface area contributed by atoms with Gasteiger partial charge in [0, 0.05) is 50.5 Å². The molecule has 1 saturated heterocycles. The number of carbonyl (C=O) groups is 2. The second-order valence-corrected chi connectivity index (χ2v) is 7.76. The maximum absolute atomic E-state index is 12.7. The van der Waals surface area contributed by atoms with Gasteiger partial charge in [0.2, 0.25) is 0 Å². The van der Waals surface area contributed by atoms with E-state index in [0.29, 0.717) is 30.9 Å². The first-order valence-electron chi connectivity index (χ1n) is 11.4. The van der Waals surface area contributed by atoms with Crippen molar-refractivity contribution in [3.8, 4) is 0 Å². The summed E-state index contributed by atoms with van der Waals surface area (Å²) in [6.45, 7) is 11.2. The largest absolute Gasteiger partial charge is 0.450 e. The van der Waals surface area contributed by atoms with Crippen molar-refractivity contribution < 1.29 is 14.3 Å². The third-order valence-corrected chi connectivity index (χ3v) is 5.76. The smallest absolute Gasteiger partial charge is 0.411 e. The average Bonchev–Trinajstić information content (AvgIpc) is 2.81. The number of anilines is 1. The summed E-state index contributed by atoms with van der Waals surface area (Å²) in [5, 5.41) is 6.21. The van der Waals surface area contributed by atoms with E-state index in [1.165, 1.54) is 0 Å². The Balaban J connectivity index is 1.90. The van der Waals surface area contributed by atoms with Gasteiger partial charge in [-0.15, -0.1) is 0 Å². The number of ether oxygens (including phenoxy) is 1. The number of hydrogen-bond donors (Lipinski definition) is 2. The predicted molar refractivity (Wildman–Crippen MR) is 127 cm³/mol. The SMILES string of the molecule is CCOC(=O)Nc1cccc([C@@H](c2ccc(C(=O)N(CC)CC)cc2)N2CCNCC2)c1. The molecule has 172 valence electrons. The van der Waals surface area contributed by atoms with Crippen molar-refractivity contribution in [3.05, 3.63) is 65.2 Å². The van der Waals surface area contributed by atoms with Crippen molar-refractivity contribution in [2.75, 3.05) is 51.2 Å². The first-order chi connectivity index (χ1) is 15.6. The van der Waals surface area contributed by atoms with Crippen LogP contribution in [-0.2, 0) is 4.74 Å². The van der Waals surface area contributed by atoms with Crippen molar-refractivity contribution in [2.45, 2.75) is 26.8 Å². The highest BCUT2D eigenvalue weighted by Gasteiger charge is 2.25. The van der Waals surface area contributed by atoms with Gasteiger partial charge in [0.15, 0.2) is 0 Å². The summed E-state index contributed by atoms with van der Waals surface area (Å²) in [6, 6.07) is 15.9. The maximum Gasteiger partial charge on any atom is 0.411 e. The van der Waals surface area contributed by atoms with Crippen LogP contribution in [0.2, 0.25) is 0 Å². The number of piperazine rings is 1. The monoisotopic (exact) mass is 438 g/mol. The summed E-state index contributed by atoms with van der Waals surface area (Å²) < 4.78 is 5.02. The molecule has 0 bridgehead atoms. The normalized spacial score (nSPS) is 15.1. The minimum absolute atomic E-state index is 0.0265. The molecule has 1 fully saturated rings. The van der Waals surface area contributed by atoms with Gasteiger partial charge in [-0.05, 0) is 56.2 Å². The summed E-state index contributed by atoms with van der Waals surface area (Å²) in [4.78, 5) is 28.9. The maximum atomic E-state index is 12.7. The van der Waals surface area contributed by atoms with Crippen molar-refractivity contribution in [1.29, 1.82) is 0 Å². The molecule has 7 heteroatoms. The van der Waals surface area contributed by atoms with Crippen LogP contribution in [0, 0.1) is 0 Å². The minimum atomic E-state index is -0.456. The summed E-state index contributed by atoms with van der Waals surface area (Å²) >= 11 is 0. The Hall–Kier alpha value is -2.90. The van der Waals surface area contributed by atoms with Crippen LogP contribution >= 0.6 is 0 Å². The van der Waals surface area contributed by atoms with Crippen LogP contribution < -0.4 is 10.6 Å². The Morgan fingerprint density at radius 2 is 1.72 bits per heavy atom. The molecule has 0 saturated carbocycles. The number of hydrogen-bond acceptors (Lipinski definition) is 5. The van der Waals surface area contributed by atoms with Gasteiger partial charge >= 0.3 is 6.09 Å². The highest BCUT2D eigenvalue weighted by atomic mass is 16.5. The first-order valence-corrected chi connectivity index (χ1v) is 11.4. The number of rotatable bonds is 8. The molecule has 7 nitrogen and oxygen atoms in total. The van der Waals surface area contributed by atoms with Gasteiger partial charge in [0.25, 0.3) is 5.91 Å². The fourth-order valence-corrected chi connectivity index (χ4v) is 4.13. The van der Waals surface area contributed by atoms with Crippen LogP contribution in [0.1, 0.15) is 48.3 Å². The first kappa shape index (κ1) is 23.8. The molecule has 2 N–H and O–H groups in total. The lowest BCUT2D eigenvalue weighted by atomic mass is 9.95. The molecule has 0 spiro atoms. The fourth-order valence-electron chi connectivity index (χ4n) is 4.13. The molecule has 32 heavy (non-hydrogen) atoms. The molecule has 2 aromatic carbocycles. The molecule has 2 amide bonds. The van der Waals surface area contributed by atoms with E-state index in [-0.39, 0.29) is 11.9 Å². The Morgan fingerprint density at radius 3 is 2.34 bits per heavy atom. The van der Waals surface area contributed by atoms with Crippen LogP contribution in [0.4, 0.5) is 10.5 Å². The van der Waals surface area contributed by atoms with E-state index >= 15 is 0 Å². The topological polar surface area (TPSA) is 73.9 Å². The van der Waals surface area contributed by atoms with Gasteiger partial charge in [-0.3, -0.25) is 15.0 Å². The average molecular weight is 439 g/mol. The summed E-state index contributed by atoms with van der Waals surface area (Å²) in [5.41, 5.74) is 3.61. The number of carbonyl (C=O) groups excluding carboxylic acids is 2. The van der Waals surface area contributed by atoms with E-state index in [2.05, 4.69) is 33.7 Å². The zero-order chi connectivity index (χ0) is 22.9. The van der Waals surface area contributed by atoms with Gasteiger partial charge in [-0.25, -0.2) is 4.79 Å². The van der Waals surface area contributed by atoms with E-state index in [1.807, 2.05) is 49.1 Å². The van der Waals surface area contributed by atoms with Crippen molar-refractivity contribution in [2.24, 2.45) is 0 Å². The van der Waals surface area contributed by atoms with Crippen molar-refractivity contribution in [1.82, 2.24) is 15.1 Å². The number of nitrogens with one attached hydrogen (secondary N) is 2. The third-order valence-electron chi connectivity index (χ3n) is 5.76. The number of benzene rings is 2. The second kappa shape index (κ2) is 11.6. The standard InChI is InChI=1S/C25H34N4O3/c1-4-28(5-2)24(30)20-12-10-19(11-13-20)23(29-16-14-26-15-17-29)21-8-7-9-22(18-21)27-25(31)32-6-3/h7-13,18,23,26H,4-6,14-17H2,1-3H3,(H,27,31)/t23-/m1/s1. The molecule has 0 unspecified atom stereocenters. The number of nitrogens with zero attached hydrogens (tertiary/aromatic N) is 2. The fraction of sp³-hybridized carbons (Fsp3) is 0.440. The zero-order valence-corrected chi connectivity index (χ0v) is 19.3. The zero-order valence-electron chi connectivity index (χ0n) is 19.3. The molecule has 0 aliphatic carbocycles. The van der Waals surface area contributed by atoms with Crippen molar-refractivity contribution in [3.63, 3.8) is 0 Å². The Kier molecular flexibility index (Phi) is 8.64. The van der Waals surface area contributed by atoms with Crippen LogP contribution in [0.15, 0.2) is 48.5 Å². The number of amides is 2. The van der Waals surface area contributed by atoms with Gasteiger partial charge in [-0.2, -0.15) is 0 Å². The molecule has 1 atom stereocenters. The van der Waals surface area contributed by atoms with Crippen LogP contribution in [-0.4, -0.2) is 67.7 Å². The summed E-state index contributed by atoms with van der Waals surface area (Å²) in [6.07, 6.45) is -0.456. The minimum Gasteiger partial charge on any atom is -0.450 e. The van der Waals surface area contributed by atoms with Crippen LogP contribution in [0.3, 0.4) is 0 Å². The van der Waals surface area contributed by atoms with Gasteiger partial charge in [-0.1, -0.05) is 24.3 Å². The third kappa shape index (κ3) is 5.87. The van der Waals surface area contributed by atoms with E-state index in [4.69, 9.17) is 4.74 Å². The Bertz CT molecular complexity index is 890. The quantitative estimate of drug-likeness (QED) is 0.657. The highest BCUT2D eigenvalue weighted by Crippen LogP contribution is 2.31. The van der Waals surface area contributed by atoms with Crippen molar-refractivity contribution >= 4 is 17.7 Å². The summed E-state index contributed by atoms with van der Waals surface area (Å²) in [5.74, 6) is 0.0564. The molecule has 0 radical (unpaired) electrons. The predicted octanol–water partition coefficient (Wildman–Crippen LogP) is 3.73. The molecule has 3 rings (SSSR count). The Morgan fingerprint density at radius 1 is 1.03 bits per heavy atom. The molecular formula is C25H34N4O3. The lowest BCUT2D eigenvalue weighted by molar-refractivity contribution is 0.0773. The lowest BCUT2D eigenvalue weighted by Gasteiger charge is -2.36. The van der Waals surface area contributed by atoms with Gasteiger partial charge < -0.3 is 15.0 Å². The van der Waals surface area contributed by atoms with Gasteiger partial charge in [0.1, 0.15) is 0 Å². The Labute approximate surface area is 190 Å². The second-order valence-electron chi connectivity index (χ2n) is 7.76. The molecular weight excluding hydrogens is 404 g/mol.